The Bertz CT molecular complexity index is 1230. The summed E-state index contributed by atoms with van der Waals surface area (Å²) in [5, 5.41) is 0. The molecular formula is C24H31N5O5. The molecule has 1 aromatic carbocycles. The molecule has 0 unspecified atom stereocenters. The zero-order chi connectivity index (χ0) is 25.0. The fourth-order valence-corrected chi connectivity index (χ4v) is 4.00. The number of carbonyl (C=O) groups excluding carboxylic acids is 3. The number of aryl methyl sites for hydroxylation is 1. The number of carbonyl (C=O) groups is 3. The van der Waals surface area contributed by atoms with Gasteiger partial charge in [0.25, 0.3) is 17.4 Å². The van der Waals surface area contributed by atoms with Crippen molar-refractivity contribution in [3.05, 3.63) is 55.7 Å². The average Bonchev–Trinajstić information content (AvgIpc) is 3.03. The first kappa shape index (κ1) is 24.9. The number of hydrogen-bond donors (Lipinski definition) is 2. The number of aromatic nitrogens is 2. The lowest BCUT2D eigenvalue weighted by Gasteiger charge is -2.25. The lowest BCUT2D eigenvalue weighted by atomic mass is 10.1. The molecule has 2 heterocycles. The number of nitrogen functional groups attached to an aromatic ring is 1. The number of anilines is 2. The number of benzene rings is 1. The van der Waals surface area contributed by atoms with Gasteiger partial charge in [0.1, 0.15) is 5.82 Å². The maximum Gasteiger partial charge on any atom is 0.330 e. The molecular weight excluding hydrogens is 438 g/mol. The fraction of sp³-hybridized carbons (Fsp3) is 0.458. The average molecular weight is 470 g/mol. The summed E-state index contributed by atoms with van der Waals surface area (Å²) in [5.74, 6) is -1.41. The van der Waals surface area contributed by atoms with Crippen LogP contribution in [0.2, 0.25) is 0 Å². The number of unbranched alkanes of at least 4 members (excludes halogenated alkanes) is 2. The molecule has 1 aromatic heterocycles. The van der Waals surface area contributed by atoms with E-state index in [1.165, 1.54) is 9.47 Å². The van der Waals surface area contributed by atoms with Crippen molar-refractivity contribution in [3.63, 3.8) is 0 Å². The minimum Gasteiger partial charge on any atom is -0.383 e. The Morgan fingerprint density at radius 3 is 2.35 bits per heavy atom. The summed E-state index contributed by atoms with van der Waals surface area (Å²) in [7, 11) is 0. The smallest absolute Gasteiger partial charge is 0.330 e. The van der Waals surface area contributed by atoms with Crippen LogP contribution in [0.1, 0.15) is 72.2 Å². The SMILES string of the molecule is CCCCN(C(=O)CCN1C(=O)c2ccc(C)cc2C1=O)c1c(N)n(CCCC)c(=O)[nH]c1=O. The second-order valence-corrected chi connectivity index (χ2v) is 8.46. The molecule has 0 saturated carbocycles. The summed E-state index contributed by atoms with van der Waals surface area (Å²) in [6.45, 7) is 6.15. The molecule has 0 fully saturated rings. The van der Waals surface area contributed by atoms with Crippen LogP contribution >= 0.6 is 0 Å². The molecule has 0 aliphatic carbocycles. The minimum atomic E-state index is -0.740. The van der Waals surface area contributed by atoms with Crippen LogP contribution in [0, 0.1) is 6.92 Å². The van der Waals surface area contributed by atoms with Crippen LogP contribution in [0.4, 0.5) is 11.5 Å². The number of nitrogens with zero attached hydrogens (tertiary/aromatic N) is 3. The second-order valence-electron chi connectivity index (χ2n) is 8.46. The van der Waals surface area contributed by atoms with E-state index in [2.05, 4.69) is 4.98 Å². The maximum atomic E-state index is 13.2. The summed E-state index contributed by atoms with van der Waals surface area (Å²) in [5.41, 5.74) is 6.26. The van der Waals surface area contributed by atoms with E-state index in [-0.39, 0.29) is 31.0 Å². The van der Waals surface area contributed by atoms with Crippen LogP contribution in [0.15, 0.2) is 27.8 Å². The first-order valence-electron chi connectivity index (χ1n) is 11.6. The minimum absolute atomic E-state index is 0.0668. The van der Waals surface area contributed by atoms with Gasteiger partial charge in [0.15, 0.2) is 5.69 Å². The van der Waals surface area contributed by atoms with Gasteiger partial charge < -0.3 is 10.6 Å². The van der Waals surface area contributed by atoms with Gasteiger partial charge >= 0.3 is 5.69 Å². The predicted octanol–water partition coefficient (Wildman–Crippen LogP) is 2.05. The van der Waals surface area contributed by atoms with Gasteiger partial charge in [0, 0.05) is 26.1 Å². The molecule has 3 N–H and O–H groups in total. The zero-order valence-electron chi connectivity index (χ0n) is 19.8. The Hall–Kier alpha value is -3.69. The fourth-order valence-electron chi connectivity index (χ4n) is 4.00. The van der Waals surface area contributed by atoms with Crippen molar-refractivity contribution in [2.24, 2.45) is 0 Å². The Morgan fingerprint density at radius 2 is 1.68 bits per heavy atom. The number of aromatic amines is 1. The summed E-state index contributed by atoms with van der Waals surface area (Å²) in [6.07, 6.45) is 2.68. The van der Waals surface area contributed by atoms with E-state index >= 15 is 0 Å². The molecule has 10 heteroatoms. The van der Waals surface area contributed by atoms with E-state index < -0.39 is 29.0 Å². The van der Waals surface area contributed by atoms with Crippen molar-refractivity contribution in [1.82, 2.24) is 14.5 Å². The number of nitrogens with two attached hydrogens (primary N) is 1. The molecule has 10 nitrogen and oxygen atoms in total. The number of imide groups is 1. The van der Waals surface area contributed by atoms with E-state index in [0.717, 1.165) is 23.3 Å². The summed E-state index contributed by atoms with van der Waals surface area (Å²) < 4.78 is 1.26. The monoisotopic (exact) mass is 469 g/mol. The van der Waals surface area contributed by atoms with Gasteiger partial charge in [0.2, 0.25) is 5.91 Å². The summed E-state index contributed by atoms with van der Waals surface area (Å²) in [4.78, 5) is 68.2. The van der Waals surface area contributed by atoms with E-state index in [1.54, 1.807) is 18.2 Å². The molecule has 182 valence electrons. The van der Waals surface area contributed by atoms with Gasteiger partial charge in [-0.05, 0) is 31.9 Å². The van der Waals surface area contributed by atoms with E-state index in [0.29, 0.717) is 30.5 Å². The van der Waals surface area contributed by atoms with Gasteiger partial charge in [-0.15, -0.1) is 0 Å². The Labute approximate surface area is 197 Å². The van der Waals surface area contributed by atoms with Gasteiger partial charge in [-0.2, -0.15) is 0 Å². The largest absolute Gasteiger partial charge is 0.383 e. The van der Waals surface area contributed by atoms with Crippen LogP contribution in [0.5, 0.6) is 0 Å². The normalized spacial score (nSPS) is 12.9. The Balaban J connectivity index is 1.86. The summed E-state index contributed by atoms with van der Waals surface area (Å²) in [6, 6.07) is 5.03. The lowest BCUT2D eigenvalue weighted by molar-refractivity contribution is -0.118. The highest BCUT2D eigenvalue weighted by Crippen LogP contribution is 2.25. The molecule has 0 atom stereocenters. The zero-order valence-corrected chi connectivity index (χ0v) is 19.8. The number of hydrogen-bond acceptors (Lipinski definition) is 6. The van der Waals surface area contributed by atoms with Crippen molar-refractivity contribution in [2.45, 2.75) is 59.4 Å². The number of nitrogens with one attached hydrogen (secondary N) is 1. The molecule has 1 aliphatic heterocycles. The number of amides is 3. The first-order valence-corrected chi connectivity index (χ1v) is 11.6. The third-order valence-electron chi connectivity index (χ3n) is 5.93. The third kappa shape index (κ3) is 4.80. The molecule has 1 aliphatic rings. The standard InChI is InChI=1S/C24H31N5O5/c1-4-6-11-27(19-20(25)28(12-7-5-2)24(34)26-21(19)31)18(30)10-13-29-22(32)16-9-8-15(3)14-17(16)23(29)33/h8-9,14H,4-7,10-13,25H2,1-3H3,(H,26,31,34). The van der Waals surface area contributed by atoms with Crippen LogP contribution in [0.3, 0.4) is 0 Å². The van der Waals surface area contributed by atoms with Crippen LogP contribution in [-0.2, 0) is 11.3 Å². The van der Waals surface area contributed by atoms with Crippen LogP contribution in [0.25, 0.3) is 0 Å². The predicted molar refractivity (Wildman–Crippen MR) is 129 cm³/mol. The van der Waals surface area contributed by atoms with Crippen LogP contribution in [-0.4, -0.2) is 45.3 Å². The quantitative estimate of drug-likeness (QED) is 0.511. The molecule has 34 heavy (non-hydrogen) atoms. The van der Waals surface area contributed by atoms with Crippen molar-refractivity contribution >= 4 is 29.2 Å². The summed E-state index contributed by atoms with van der Waals surface area (Å²) >= 11 is 0. The molecule has 2 aromatic rings. The van der Waals surface area contributed by atoms with Gasteiger partial charge in [-0.25, -0.2) is 4.79 Å². The van der Waals surface area contributed by atoms with Crippen molar-refractivity contribution in [2.75, 3.05) is 23.7 Å². The first-order chi connectivity index (χ1) is 16.2. The third-order valence-corrected chi connectivity index (χ3v) is 5.93. The van der Waals surface area contributed by atoms with Crippen molar-refractivity contribution in [3.8, 4) is 0 Å². The van der Waals surface area contributed by atoms with Gasteiger partial charge in [-0.1, -0.05) is 38.3 Å². The number of H-pyrrole nitrogens is 1. The van der Waals surface area contributed by atoms with Crippen molar-refractivity contribution < 1.29 is 14.4 Å². The maximum absolute atomic E-state index is 13.2. The highest BCUT2D eigenvalue weighted by molar-refractivity contribution is 6.21. The molecule has 0 bridgehead atoms. The second kappa shape index (κ2) is 10.5. The van der Waals surface area contributed by atoms with Gasteiger partial charge in [0.05, 0.1) is 11.1 Å². The lowest BCUT2D eigenvalue weighted by Crippen LogP contribution is -2.43. The topological polar surface area (TPSA) is 139 Å². The highest BCUT2D eigenvalue weighted by atomic mass is 16.2. The van der Waals surface area contributed by atoms with E-state index in [4.69, 9.17) is 5.73 Å². The molecule has 0 saturated heterocycles. The van der Waals surface area contributed by atoms with E-state index in [9.17, 15) is 24.0 Å². The Kier molecular flexibility index (Phi) is 7.70. The van der Waals surface area contributed by atoms with Gasteiger partial charge in [-0.3, -0.25) is 33.6 Å². The highest BCUT2D eigenvalue weighted by Gasteiger charge is 2.36. The Morgan fingerprint density at radius 1 is 1.00 bits per heavy atom. The van der Waals surface area contributed by atoms with Crippen molar-refractivity contribution in [1.29, 1.82) is 0 Å². The van der Waals surface area contributed by atoms with E-state index in [1.807, 2.05) is 20.8 Å². The number of rotatable bonds is 10. The molecule has 0 radical (unpaired) electrons. The molecule has 3 amide bonds. The molecule has 0 spiro atoms. The number of fused-ring (bicyclic) bond motifs is 1. The molecule has 3 rings (SSSR count). The van der Waals surface area contributed by atoms with Crippen LogP contribution < -0.4 is 21.9 Å².